The zero-order chi connectivity index (χ0) is 16.2. The molecule has 1 atom stereocenters. The van der Waals surface area contributed by atoms with Crippen molar-refractivity contribution in [3.63, 3.8) is 0 Å². The van der Waals surface area contributed by atoms with Gasteiger partial charge < -0.3 is 10.3 Å². The van der Waals surface area contributed by atoms with Crippen LogP contribution in [0.15, 0.2) is 23.1 Å². The van der Waals surface area contributed by atoms with E-state index < -0.39 is 14.9 Å². The van der Waals surface area contributed by atoms with E-state index in [0.29, 0.717) is 0 Å². The molecule has 0 fully saturated rings. The number of rotatable bonds is 7. The molecule has 10 heteroatoms. The minimum absolute atomic E-state index is 0.00731. The van der Waals surface area contributed by atoms with Crippen LogP contribution in [-0.2, 0) is 10.0 Å². The molecule has 0 aromatic heterocycles. The number of hydrogen-bond donors (Lipinski definition) is 3. The Hall–Kier alpha value is -1.75. The number of anilines is 1. The number of likely N-dealkylation sites (N-methyl/N-ethyl adjacent to an activating group) is 1. The highest BCUT2D eigenvalue weighted by Crippen LogP contribution is 2.25. The fourth-order valence-corrected chi connectivity index (χ4v) is 2.74. The third-order valence-electron chi connectivity index (χ3n) is 3.07. The van der Waals surface area contributed by atoms with E-state index in [2.05, 4.69) is 10.1 Å². The summed E-state index contributed by atoms with van der Waals surface area (Å²) < 4.78 is 26.9. The number of hydrazine groups is 1. The molecule has 0 radical (unpaired) electrons. The second-order valence-electron chi connectivity index (χ2n) is 4.75. The minimum atomic E-state index is -3.82. The van der Waals surface area contributed by atoms with Crippen molar-refractivity contribution >= 4 is 21.4 Å². The summed E-state index contributed by atoms with van der Waals surface area (Å²) in [6.07, 6.45) is 0. The van der Waals surface area contributed by atoms with Gasteiger partial charge in [0, 0.05) is 24.7 Å². The normalized spacial score (nSPS) is 13.2. The lowest BCUT2D eigenvalue weighted by Gasteiger charge is -2.20. The first-order valence-electron chi connectivity index (χ1n) is 6.10. The molecule has 21 heavy (non-hydrogen) atoms. The maximum absolute atomic E-state index is 12.2. The quantitative estimate of drug-likeness (QED) is 0.369. The molecule has 4 N–H and O–H groups in total. The molecule has 1 rings (SSSR count). The zero-order valence-electron chi connectivity index (χ0n) is 12.0. The highest BCUT2D eigenvalue weighted by atomic mass is 32.2. The first kappa shape index (κ1) is 17.3. The Labute approximate surface area is 123 Å². The number of non-ortho nitro benzene ring substituents is 1. The van der Waals surface area contributed by atoms with E-state index in [1.54, 1.807) is 0 Å². The minimum Gasteiger partial charge on any atom is -0.323 e. The Morgan fingerprint density at radius 1 is 1.43 bits per heavy atom. The molecular weight excluding hydrogens is 298 g/mol. The number of nitro groups is 1. The summed E-state index contributed by atoms with van der Waals surface area (Å²) in [7, 11) is -0.154. The van der Waals surface area contributed by atoms with Gasteiger partial charge >= 0.3 is 0 Å². The first-order chi connectivity index (χ1) is 9.69. The summed E-state index contributed by atoms with van der Waals surface area (Å²) in [5, 5.41) is 10.7. The van der Waals surface area contributed by atoms with Gasteiger partial charge in [0.15, 0.2) is 0 Å². The van der Waals surface area contributed by atoms with Gasteiger partial charge in [0.2, 0.25) is 10.0 Å². The Balaban J connectivity index is 3.05. The van der Waals surface area contributed by atoms with Crippen molar-refractivity contribution in [2.75, 3.05) is 26.1 Å². The number of hydrogen-bond acceptors (Lipinski definition) is 7. The molecule has 9 nitrogen and oxygen atoms in total. The molecule has 0 saturated carbocycles. The van der Waals surface area contributed by atoms with Crippen LogP contribution < -0.4 is 16.0 Å². The molecule has 0 saturated heterocycles. The topological polar surface area (TPSA) is 131 Å². The van der Waals surface area contributed by atoms with Gasteiger partial charge in [-0.3, -0.25) is 16.0 Å². The average molecular weight is 317 g/mol. The molecule has 0 heterocycles. The molecule has 118 valence electrons. The highest BCUT2D eigenvalue weighted by Gasteiger charge is 2.21. The van der Waals surface area contributed by atoms with Crippen molar-refractivity contribution in [3.05, 3.63) is 28.3 Å². The van der Waals surface area contributed by atoms with Crippen molar-refractivity contribution in [2.45, 2.75) is 17.9 Å². The SMILES string of the molecule is CC(CNS(=O)(=O)c1ccc([N+](=O)[O-])cc1NN)N(C)C. The van der Waals surface area contributed by atoms with E-state index in [0.717, 1.165) is 18.2 Å². The Morgan fingerprint density at radius 2 is 2.05 bits per heavy atom. The van der Waals surface area contributed by atoms with Crippen molar-refractivity contribution in [3.8, 4) is 0 Å². The van der Waals surface area contributed by atoms with E-state index in [1.807, 2.05) is 25.9 Å². The Bertz CT molecular complexity index is 617. The number of nitrogen functional groups attached to an aromatic ring is 1. The van der Waals surface area contributed by atoms with Crippen molar-refractivity contribution in [2.24, 2.45) is 5.84 Å². The van der Waals surface area contributed by atoms with Crippen molar-refractivity contribution in [1.82, 2.24) is 9.62 Å². The second-order valence-corrected chi connectivity index (χ2v) is 6.48. The lowest BCUT2D eigenvalue weighted by Crippen LogP contribution is -2.38. The number of nitrogens with zero attached hydrogens (tertiary/aromatic N) is 2. The number of nitrogens with two attached hydrogens (primary N) is 1. The van der Waals surface area contributed by atoms with Crippen LogP contribution in [0.3, 0.4) is 0 Å². The zero-order valence-corrected chi connectivity index (χ0v) is 12.8. The van der Waals surface area contributed by atoms with E-state index >= 15 is 0 Å². The van der Waals surface area contributed by atoms with Gasteiger partial charge in [-0.15, -0.1) is 0 Å². The maximum Gasteiger partial charge on any atom is 0.271 e. The number of nitrogens with one attached hydrogen (secondary N) is 2. The van der Waals surface area contributed by atoms with Crippen LogP contribution in [0.2, 0.25) is 0 Å². The van der Waals surface area contributed by atoms with E-state index in [4.69, 9.17) is 5.84 Å². The van der Waals surface area contributed by atoms with Gasteiger partial charge in [-0.1, -0.05) is 0 Å². The summed E-state index contributed by atoms with van der Waals surface area (Å²) in [6.45, 7) is 2.07. The lowest BCUT2D eigenvalue weighted by atomic mass is 10.3. The Kier molecular flexibility index (Phi) is 5.61. The second kappa shape index (κ2) is 6.80. The number of sulfonamides is 1. The monoisotopic (exact) mass is 317 g/mol. The molecule has 0 spiro atoms. The van der Waals surface area contributed by atoms with Gasteiger partial charge in [-0.05, 0) is 27.1 Å². The highest BCUT2D eigenvalue weighted by molar-refractivity contribution is 7.89. The van der Waals surface area contributed by atoms with Crippen LogP contribution in [0.25, 0.3) is 0 Å². The number of nitro benzene ring substituents is 1. The summed E-state index contributed by atoms with van der Waals surface area (Å²) in [4.78, 5) is 11.8. The fraction of sp³-hybridized carbons (Fsp3) is 0.455. The first-order valence-corrected chi connectivity index (χ1v) is 7.58. The fourth-order valence-electron chi connectivity index (χ4n) is 1.47. The van der Waals surface area contributed by atoms with Crippen LogP contribution in [0.1, 0.15) is 6.92 Å². The van der Waals surface area contributed by atoms with Crippen LogP contribution in [0, 0.1) is 10.1 Å². The van der Waals surface area contributed by atoms with Crippen LogP contribution in [0.5, 0.6) is 0 Å². The largest absolute Gasteiger partial charge is 0.323 e. The maximum atomic E-state index is 12.2. The third kappa shape index (κ3) is 4.36. The molecule has 0 aliphatic heterocycles. The van der Waals surface area contributed by atoms with Gasteiger partial charge in [0.1, 0.15) is 4.90 Å². The molecular formula is C11H19N5O4S. The van der Waals surface area contributed by atoms with Crippen LogP contribution in [-0.4, -0.2) is 44.9 Å². The molecule has 1 aromatic rings. The summed E-state index contributed by atoms with van der Waals surface area (Å²) >= 11 is 0. The van der Waals surface area contributed by atoms with E-state index in [-0.39, 0.29) is 28.9 Å². The smallest absolute Gasteiger partial charge is 0.271 e. The van der Waals surface area contributed by atoms with Crippen molar-refractivity contribution in [1.29, 1.82) is 0 Å². The molecule has 0 amide bonds. The summed E-state index contributed by atoms with van der Waals surface area (Å²) in [6, 6.07) is 3.33. The third-order valence-corrected chi connectivity index (χ3v) is 4.55. The van der Waals surface area contributed by atoms with Crippen LogP contribution in [0.4, 0.5) is 11.4 Å². The molecule has 0 aliphatic rings. The molecule has 0 bridgehead atoms. The van der Waals surface area contributed by atoms with Gasteiger partial charge in [-0.25, -0.2) is 13.1 Å². The standard InChI is InChI=1S/C11H19N5O4S/c1-8(15(2)3)7-13-21(19,20)11-5-4-9(16(17)18)6-10(11)14-12/h4-6,8,13-14H,7,12H2,1-3H3. The molecule has 0 aliphatic carbocycles. The number of benzene rings is 1. The predicted octanol–water partition coefficient (Wildman–Crippen LogP) is 0.109. The van der Waals surface area contributed by atoms with Gasteiger partial charge in [-0.2, -0.15) is 0 Å². The summed E-state index contributed by atoms with van der Waals surface area (Å²) in [5.74, 6) is 5.25. The Morgan fingerprint density at radius 3 is 2.52 bits per heavy atom. The van der Waals surface area contributed by atoms with E-state index in [1.165, 1.54) is 0 Å². The van der Waals surface area contributed by atoms with Crippen LogP contribution >= 0.6 is 0 Å². The summed E-state index contributed by atoms with van der Waals surface area (Å²) in [5.41, 5.74) is 1.89. The predicted molar refractivity (Wildman–Crippen MR) is 79.2 cm³/mol. The molecule has 1 aromatic carbocycles. The van der Waals surface area contributed by atoms with E-state index in [9.17, 15) is 18.5 Å². The van der Waals surface area contributed by atoms with Crippen molar-refractivity contribution < 1.29 is 13.3 Å². The lowest BCUT2D eigenvalue weighted by molar-refractivity contribution is -0.384. The average Bonchev–Trinajstić information content (AvgIpc) is 2.43. The van der Waals surface area contributed by atoms with Gasteiger partial charge in [0.05, 0.1) is 10.6 Å². The van der Waals surface area contributed by atoms with Gasteiger partial charge in [0.25, 0.3) is 5.69 Å². The molecule has 1 unspecified atom stereocenters.